The quantitative estimate of drug-likeness (QED) is 0.895. The smallest absolute Gasteiger partial charge is 0.309 e. The monoisotopic (exact) mass is 371 g/mol. The van der Waals surface area contributed by atoms with E-state index in [0.29, 0.717) is 31.9 Å². The van der Waals surface area contributed by atoms with E-state index in [4.69, 9.17) is 9.15 Å². The Hall–Kier alpha value is -2.34. The predicted molar refractivity (Wildman–Crippen MR) is 99.8 cm³/mol. The number of ether oxygens (including phenoxy) is 1. The van der Waals surface area contributed by atoms with Crippen molar-refractivity contribution in [2.45, 2.75) is 39.2 Å². The number of hydrogen-bond donors (Lipinski definition) is 1. The van der Waals surface area contributed by atoms with Gasteiger partial charge in [0.05, 0.1) is 12.0 Å². The van der Waals surface area contributed by atoms with Crippen LogP contribution < -0.4 is 0 Å². The van der Waals surface area contributed by atoms with E-state index < -0.39 is 11.9 Å². The van der Waals surface area contributed by atoms with E-state index >= 15 is 0 Å². The fourth-order valence-corrected chi connectivity index (χ4v) is 4.50. The Morgan fingerprint density at radius 1 is 1.15 bits per heavy atom. The molecule has 3 heterocycles. The molecule has 2 aliphatic heterocycles. The zero-order valence-corrected chi connectivity index (χ0v) is 15.7. The molecule has 0 spiro atoms. The highest BCUT2D eigenvalue weighted by atomic mass is 16.5. The Balaban J connectivity index is 1.47. The summed E-state index contributed by atoms with van der Waals surface area (Å²) in [6.45, 7) is 5.62. The van der Waals surface area contributed by atoms with Gasteiger partial charge in [0.25, 0.3) is 5.91 Å². The van der Waals surface area contributed by atoms with Crippen LogP contribution in [-0.4, -0.2) is 47.7 Å². The molecule has 0 aliphatic carbocycles. The molecule has 4 rings (SSSR count). The summed E-state index contributed by atoms with van der Waals surface area (Å²) in [7, 11) is 0. The Morgan fingerprint density at radius 2 is 1.89 bits per heavy atom. The zero-order valence-electron chi connectivity index (χ0n) is 15.7. The molecule has 2 aromatic rings. The number of carbonyl (C=O) groups excluding carboxylic acids is 1. The number of furan rings is 1. The first-order valence-corrected chi connectivity index (χ1v) is 9.59. The summed E-state index contributed by atoms with van der Waals surface area (Å²) in [5.74, 6) is -0.666. The number of carboxylic acid groups (broad SMARTS) is 1. The summed E-state index contributed by atoms with van der Waals surface area (Å²) >= 11 is 0. The fraction of sp³-hybridized carbons (Fsp3) is 0.524. The van der Waals surface area contributed by atoms with Crippen molar-refractivity contribution in [1.82, 2.24) is 4.90 Å². The summed E-state index contributed by atoms with van der Waals surface area (Å²) in [6, 6.07) is 5.93. The summed E-state index contributed by atoms with van der Waals surface area (Å²) in [4.78, 5) is 26.2. The third kappa shape index (κ3) is 3.12. The van der Waals surface area contributed by atoms with Crippen molar-refractivity contribution in [3.05, 3.63) is 35.1 Å². The number of aryl methyl sites for hydroxylation is 2. The van der Waals surface area contributed by atoms with Crippen LogP contribution in [-0.2, 0) is 9.53 Å². The lowest BCUT2D eigenvalue weighted by molar-refractivity contribution is -0.145. The van der Waals surface area contributed by atoms with Gasteiger partial charge in [0.1, 0.15) is 5.58 Å². The first-order valence-electron chi connectivity index (χ1n) is 9.59. The van der Waals surface area contributed by atoms with Gasteiger partial charge in [-0.25, -0.2) is 0 Å². The number of fused-ring (bicyclic) bond motifs is 1. The Morgan fingerprint density at radius 3 is 2.56 bits per heavy atom. The second-order valence-corrected chi connectivity index (χ2v) is 7.71. The van der Waals surface area contributed by atoms with E-state index in [9.17, 15) is 14.7 Å². The number of piperidine rings is 1. The SMILES string of the molecule is Cc1c(C(=O)N2CCC([C@@H]3OCCC3C(=O)O)CC2)oc2c(C)cccc12. The number of benzene rings is 1. The maximum absolute atomic E-state index is 13.0. The Labute approximate surface area is 158 Å². The van der Waals surface area contributed by atoms with Crippen molar-refractivity contribution in [1.29, 1.82) is 0 Å². The largest absolute Gasteiger partial charge is 0.481 e. The minimum atomic E-state index is -0.774. The van der Waals surface area contributed by atoms with Crippen LogP contribution in [0.25, 0.3) is 11.0 Å². The van der Waals surface area contributed by atoms with Gasteiger partial charge in [0, 0.05) is 30.6 Å². The third-order valence-electron chi connectivity index (χ3n) is 6.10. The van der Waals surface area contributed by atoms with Gasteiger partial charge in [-0.05, 0) is 44.6 Å². The molecule has 1 N–H and O–H groups in total. The van der Waals surface area contributed by atoms with Gasteiger partial charge in [-0.3, -0.25) is 9.59 Å². The molecule has 6 nitrogen and oxygen atoms in total. The van der Waals surface area contributed by atoms with Crippen LogP contribution >= 0.6 is 0 Å². The van der Waals surface area contributed by atoms with Crippen LogP contribution in [0.2, 0.25) is 0 Å². The van der Waals surface area contributed by atoms with Gasteiger partial charge in [0.2, 0.25) is 0 Å². The van der Waals surface area contributed by atoms with Gasteiger partial charge in [-0.15, -0.1) is 0 Å². The zero-order chi connectivity index (χ0) is 19.1. The molecule has 2 saturated heterocycles. The third-order valence-corrected chi connectivity index (χ3v) is 6.10. The van der Waals surface area contributed by atoms with Gasteiger partial charge in [-0.2, -0.15) is 0 Å². The lowest BCUT2D eigenvalue weighted by atomic mass is 9.84. The second kappa shape index (κ2) is 7.00. The molecule has 0 bridgehead atoms. The van der Waals surface area contributed by atoms with Crippen molar-refractivity contribution in [2.75, 3.05) is 19.7 Å². The fourth-order valence-electron chi connectivity index (χ4n) is 4.50. The van der Waals surface area contributed by atoms with Crippen LogP contribution in [0.3, 0.4) is 0 Å². The summed E-state index contributed by atoms with van der Waals surface area (Å²) in [5, 5.41) is 10.4. The molecule has 1 aromatic carbocycles. The molecule has 2 fully saturated rings. The maximum Gasteiger partial charge on any atom is 0.309 e. The number of para-hydroxylation sites is 1. The normalized spacial score (nSPS) is 23.9. The number of amides is 1. The molecule has 1 unspecified atom stereocenters. The molecule has 6 heteroatoms. The number of hydrogen-bond acceptors (Lipinski definition) is 4. The number of likely N-dealkylation sites (tertiary alicyclic amines) is 1. The maximum atomic E-state index is 13.0. The van der Waals surface area contributed by atoms with Crippen molar-refractivity contribution in [2.24, 2.45) is 11.8 Å². The van der Waals surface area contributed by atoms with Crippen LogP contribution in [0.15, 0.2) is 22.6 Å². The molecule has 2 atom stereocenters. The number of aliphatic carboxylic acids is 1. The summed E-state index contributed by atoms with van der Waals surface area (Å²) in [6.07, 6.45) is 1.88. The van der Waals surface area contributed by atoms with Gasteiger partial charge in [0.15, 0.2) is 5.76 Å². The van der Waals surface area contributed by atoms with Crippen LogP contribution in [0.1, 0.15) is 40.9 Å². The molecule has 27 heavy (non-hydrogen) atoms. The first kappa shape index (κ1) is 18.0. The molecule has 0 radical (unpaired) electrons. The highest BCUT2D eigenvalue weighted by molar-refractivity contribution is 5.99. The Bertz CT molecular complexity index is 878. The second-order valence-electron chi connectivity index (χ2n) is 7.71. The van der Waals surface area contributed by atoms with E-state index in [1.165, 1.54) is 0 Å². The first-order chi connectivity index (χ1) is 13.0. The standard InChI is InChI=1S/C21H25NO5/c1-12-4-3-5-15-13(2)18(27-17(12)15)20(23)22-9-6-14(7-10-22)19-16(21(24)25)8-11-26-19/h3-5,14,16,19H,6-11H2,1-2H3,(H,24,25)/t16?,19-/m0/s1. The van der Waals surface area contributed by atoms with E-state index in [0.717, 1.165) is 34.9 Å². The minimum Gasteiger partial charge on any atom is -0.481 e. The Kier molecular flexibility index (Phi) is 4.68. The minimum absolute atomic E-state index is 0.0799. The van der Waals surface area contributed by atoms with E-state index in [1.54, 1.807) is 0 Å². The van der Waals surface area contributed by atoms with Crippen LogP contribution in [0.5, 0.6) is 0 Å². The van der Waals surface area contributed by atoms with Crippen molar-refractivity contribution >= 4 is 22.8 Å². The highest BCUT2D eigenvalue weighted by Crippen LogP contribution is 2.34. The van der Waals surface area contributed by atoms with E-state index in [1.807, 2.05) is 36.9 Å². The van der Waals surface area contributed by atoms with E-state index in [2.05, 4.69) is 0 Å². The molecule has 2 aliphatic rings. The molecule has 144 valence electrons. The van der Waals surface area contributed by atoms with Crippen molar-refractivity contribution < 1.29 is 23.8 Å². The molecular weight excluding hydrogens is 346 g/mol. The van der Waals surface area contributed by atoms with Gasteiger partial charge in [-0.1, -0.05) is 18.2 Å². The van der Waals surface area contributed by atoms with Gasteiger partial charge >= 0.3 is 5.97 Å². The van der Waals surface area contributed by atoms with Crippen molar-refractivity contribution in [3.63, 3.8) is 0 Å². The molecule has 1 amide bonds. The number of nitrogens with zero attached hydrogens (tertiary/aromatic N) is 1. The number of carbonyl (C=O) groups is 2. The van der Waals surface area contributed by atoms with Crippen molar-refractivity contribution in [3.8, 4) is 0 Å². The van der Waals surface area contributed by atoms with E-state index in [-0.39, 0.29) is 17.9 Å². The number of rotatable bonds is 3. The van der Waals surface area contributed by atoms with Gasteiger partial charge < -0.3 is 19.2 Å². The topological polar surface area (TPSA) is 80.0 Å². The van der Waals surface area contributed by atoms with Crippen LogP contribution in [0, 0.1) is 25.7 Å². The average molecular weight is 371 g/mol. The number of carboxylic acids is 1. The molecule has 1 aromatic heterocycles. The molecular formula is C21H25NO5. The highest BCUT2D eigenvalue weighted by Gasteiger charge is 2.41. The molecule has 0 saturated carbocycles. The summed E-state index contributed by atoms with van der Waals surface area (Å²) in [5.41, 5.74) is 2.68. The lowest BCUT2D eigenvalue weighted by Crippen LogP contribution is -2.43. The predicted octanol–water partition coefficient (Wildman–Crippen LogP) is 3.39. The van der Waals surface area contributed by atoms with Crippen LogP contribution in [0.4, 0.5) is 0 Å². The lowest BCUT2D eigenvalue weighted by Gasteiger charge is -2.35. The summed E-state index contributed by atoms with van der Waals surface area (Å²) < 4.78 is 11.6. The average Bonchev–Trinajstić information content (AvgIpc) is 3.28.